The number of ether oxygens (including phenoxy) is 3. The molecule has 0 spiro atoms. The van der Waals surface area contributed by atoms with Gasteiger partial charge in [0.1, 0.15) is 12.4 Å². The molecule has 1 atom stereocenters. The minimum atomic E-state index is -0.391. The van der Waals surface area contributed by atoms with Crippen molar-refractivity contribution in [3.8, 4) is 5.75 Å². The summed E-state index contributed by atoms with van der Waals surface area (Å²) in [5.41, 5.74) is 8.21. The van der Waals surface area contributed by atoms with Crippen LogP contribution in [0, 0.1) is 0 Å². The van der Waals surface area contributed by atoms with Crippen LogP contribution in [0.4, 0.5) is 10.5 Å². The molecule has 2 N–H and O–H groups in total. The van der Waals surface area contributed by atoms with E-state index in [1.165, 1.54) is 7.11 Å². The first-order chi connectivity index (χ1) is 13.1. The molecular formula is C20H22N2O5. The van der Waals surface area contributed by atoms with Crippen LogP contribution in [-0.2, 0) is 27.2 Å². The zero-order valence-corrected chi connectivity index (χ0v) is 15.1. The highest BCUT2D eigenvalue weighted by Crippen LogP contribution is 2.23. The van der Waals surface area contributed by atoms with Gasteiger partial charge in [-0.2, -0.15) is 0 Å². The molecule has 0 aromatic heterocycles. The Morgan fingerprint density at radius 3 is 2.44 bits per heavy atom. The predicted octanol–water partition coefficient (Wildman–Crippen LogP) is 2.27. The van der Waals surface area contributed by atoms with Crippen LogP contribution < -0.4 is 15.4 Å². The maximum atomic E-state index is 12.1. The smallest absolute Gasteiger partial charge is 0.414 e. The zero-order valence-electron chi connectivity index (χ0n) is 15.1. The molecule has 142 valence electrons. The van der Waals surface area contributed by atoms with Gasteiger partial charge in [0.05, 0.1) is 20.1 Å². The summed E-state index contributed by atoms with van der Waals surface area (Å²) in [5.74, 6) is 0.353. The van der Waals surface area contributed by atoms with Crippen molar-refractivity contribution in [2.45, 2.75) is 19.1 Å². The highest BCUT2D eigenvalue weighted by molar-refractivity contribution is 5.89. The SMILES string of the molecule is COC(=O)Cc1ccc(OCC2CN(c3ccc(CN)cc3)C(=O)O2)cc1. The van der Waals surface area contributed by atoms with E-state index < -0.39 is 6.09 Å². The molecule has 0 bridgehead atoms. The van der Waals surface area contributed by atoms with Gasteiger partial charge in [0.15, 0.2) is 6.10 Å². The molecule has 0 aliphatic carbocycles. The minimum Gasteiger partial charge on any atom is -0.490 e. The lowest BCUT2D eigenvalue weighted by Crippen LogP contribution is -2.26. The number of benzene rings is 2. The van der Waals surface area contributed by atoms with Crippen LogP contribution in [-0.4, -0.2) is 38.4 Å². The van der Waals surface area contributed by atoms with Crippen LogP contribution in [0.5, 0.6) is 5.75 Å². The van der Waals surface area contributed by atoms with Gasteiger partial charge in [-0.05, 0) is 35.4 Å². The van der Waals surface area contributed by atoms with Gasteiger partial charge >= 0.3 is 12.1 Å². The van der Waals surface area contributed by atoms with E-state index >= 15 is 0 Å². The van der Waals surface area contributed by atoms with Crippen molar-refractivity contribution in [3.63, 3.8) is 0 Å². The first-order valence-electron chi connectivity index (χ1n) is 8.64. The summed E-state index contributed by atoms with van der Waals surface area (Å²) in [6.07, 6.45) is -0.534. The van der Waals surface area contributed by atoms with E-state index in [1.54, 1.807) is 29.2 Å². The molecule has 1 unspecified atom stereocenters. The maximum Gasteiger partial charge on any atom is 0.414 e. The van der Waals surface area contributed by atoms with Crippen LogP contribution in [0.15, 0.2) is 48.5 Å². The molecule has 0 saturated carbocycles. The molecule has 0 radical (unpaired) electrons. The number of methoxy groups -OCH3 is 1. The number of carbonyl (C=O) groups is 2. The molecule has 7 heteroatoms. The van der Waals surface area contributed by atoms with Crippen LogP contribution >= 0.6 is 0 Å². The standard InChI is InChI=1S/C20H22N2O5/c1-25-19(23)10-14-4-8-17(9-5-14)26-13-18-12-22(20(24)27-18)16-6-2-15(11-21)3-7-16/h2-9,18H,10-13,21H2,1H3. The molecule has 2 aromatic rings. The van der Waals surface area contributed by atoms with E-state index in [1.807, 2.05) is 24.3 Å². The average Bonchev–Trinajstić information content (AvgIpc) is 3.08. The molecule has 1 saturated heterocycles. The fourth-order valence-corrected chi connectivity index (χ4v) is 2.76. The first kappa shape index (κ1) is 18.7. The van der Waals surface area contributed by atoms with E-state index in [0.29, 0.717) is 18.8 Å². The number of hydrogen-bond donors (Lipinski definition) is 1. The zero-order chi connectivity index (χ0) is 19.2. The number of nitrogens with zero attached hydrogens (tertiary/aromatic N) is 1. The third-order valence-electron chi connectivity index (χ3n) is 4.29. The van der Waals surface area contributed by atoms with Crippen molar-refractivity contribution in [1.82, 2.24) is 0 Å². The molecule has 1 amide bonds. The molecular weight excluding hydrogens is 348 g/mol. The van der Waals surface area contributed by atoms with Gasteiger partial charge in [0.25, 0.3) is 0 Å². The number of nitrogens with two attached hydrogens (primary N) is 1. The second-order valence-corrected chi connectivity index (χ2v) is 6.19. The van der Waals surface area contributed by atoms with Crippen molar-refractivity contribution in [3.05, 3.63) is 59.7 Å². The van der Waals surface area contributed by atoms with Crippen molar-refractivity contribution >= 4 is 17.7 Å². The van der Waals surface area contributed by atoms with Crippen molar-refractivity contribution < 1.29 is 23.8 Å². The quantitative estimate of drug-likeness (QED) is 0.752. The van der Waals surface area contributed by atoms with Crippen LogP contribution in [0.1, 0.15) is 11.1 Å². The lowest BCUT2D eigenvalue weighted by Gasteiger charge is -2.13. The van der Waals surface area contributed by atoms with Gasteiger partial charge in [0, 0.05) is 12.2 Å². The number of esters is 1. The van der Waals surface area contributed by atoms with Crippen LogP contribution in [0.2, 0.25) is 0 Å². The fraction of sp³-hybridized carbons (Fsp3) is 0.300. The van der Waals surface area contributed by atoms with E-state index in [0.717, 1.165) is 16.8 Å². The van der Waals surface area contributed by atoms with Crippen molar-refractivity contribution in [2.24, 2.45) is 5.73 Å². The topological polar surface area (TPSA) is 91.1 Å². The Balaban J connectivity index is 1.53. The Bertz CT molecular complexity index is 789. The number of hydrogen-bond acceptors (Lipinski definition) is 6. The van der Waals surface area contributed by atoms with E-state index in [4.69, 9.17) is 15.2 Å². The number of anilines is 1. The van der Waals surface area contributed by atoms with Gasteiger partial charge in [-0.15, -0.1) is 0 Å². The van der Waals surface area contributed by atoms with Crippen LogP contribution in [0.25, 0.3) is 0 Å². The highest BCUT2D eigenvalue weighted by atomic mass is 16.6. The van der Waals surface area contributed by atoms with E-state index in [9.17, 15) is 9.59 Å². The Labute approximate surface area is 157 Å². The normalized spacial score (nSPS) is 16.1. The summed E-state index contributed by atoms with van der Waals surface area (Å²) < 4.78 is 15.7. The molecule has 1 heterocycles. The van der Waals surface area contributed by atoms with Gasteiger partial charge in [0.2, 0.25) is 0 Å². The fourth-order valence-electron chi connectivity index (χ4n) is 2.76. The first-order valence-corrected chi connectivity index (χ1v) is 8.64. The molecule has 2 aromatic carbocycles. The predicted molar refractivity (Wildman–Crippen MR) is 99.6 cm³/mol. The molecule has 1 aliphatic heterocycles. The number of carbonyl (C=O) groups excluding carboxylic acids is 2. The molecule has 27 heavy (non-hydrogen) atoms. The van der Waals surface area contributed by atoms with Gasteiger partial charge < -0.3 is 19.9 Å². The lowest BCUT2D eigenvalue weighted by atomic mass is 10.1. The van der Waals surface area contributed by atoms with E-state index in [-0.39, 0.29) is 25.1 Å². The summed E-state index contributed by atoms with van der Waals surface area (Å²) in [7, 11) is 1.36. The summed E-state index contributed by atoms with van der Waals surface area (Å²) >= 11 is 0. The van der Waals surface area contributed by atoms with Crippen molar-refractivity contribution in [2.75, 3.05) is 25.2 Å². The number of amides is 1. The third-order valence-corrected chi connectivity index (χ3v) is 4.29. The number of rotatable bonds is 7. The lowest BCUT2D eigenvalue weighted by molar-refractivity contribution is -0.139. The van der Waals surface area contributed by atoms with E-state index in [2.05, 4.69) is 4.74 Å². The Morgan fingerprint density at radius 1 is 1.15 bits per heavy atom. The summed E-state index contributed by atoms with van der Waals surface area (Å²) in [4.78, 5) is 25.0. The Morgan fingerprint density at radius 2 is 1.81 bits per heavy atom. The monoisotopic (exact) mass is 370 g/mol. The van der Waals surface area contributed by atoms with Gasteiger partial charge in [-0.1, -0.05) is 24.3 Å². The van der Waals surface area contributed by atoms with Gasteiger partial charge in [-0.25, -0.2) is 4.79 Å². The molecule has 3 rings (SSSR count). The summed E-state index contributed by atoms with van der Waals surface area (Å²) in [6.45, 7) is 1.13. The summed E-state index contributed by atoms with van der Waals surface area (Å²) in [5, 5.41) is 0. The third kappa shape index (κ3) is 4.77. The summed E-state index contributed by atoms with van der Waals surface area (Å²) in [6, 6.07) is 14.7. The molecule has 7 nitrogen and oxygen atoms in total. The highest BCUT2D eigenvalue weighted by Gasteiger charge is 2.32. The minimum absolute atomic E-state index is 0.217. The largest absolute Gasteiger partial charge is 0.490 e. The molecule has 1 fully saturated rings. The average molecular weight is 370 g/mol. The second kappa shape index (κ2) is 8.55. The van der Waals surface area contributed by atoms with Gasteiger partial charge in [-0.3, -0.25) is 9.69 Å². The van der Waals surface area contributed by atoms with Crippen molar-refractivity contribution in [1.29, 1.82) is 0 Å². The van der Waals surface area contributed by atoms with Crippen LogP contribution in [0.3, 0.4) is 0 Å². The Hall–Kier alpha value is -3.06. The second-order valence-electron chi connectivity index (χ2n) is 6.19. The Kier molecular flexibility index (Phi) is 5.93. The molecule has 1 aliphatic rings. The maximum absolute atomic E-state index is 12.1. The number of cyclic esters (lactones) is 1.